The monoisotopic (exact) mass is 905 g/mol. The van der Waals surface area contributed by atoms with Crippen molar-refractivity contribution in [2.45, 2.75) is 122 Å². The van der Waals surface area contributed by atoms with Crippen molar-refractivity contribution in [1.29, 1.82) is 0 Å². The number of allylic oxidation sites excluding steroid dienone is 1. The van der Waals surface area contributed by atoms with E-state index in [0.29, 0.717) is 38.9 Å². The van der Waals surface area contributed by atoms with Crippen molar-refractivity contribution in [2.75, 3.05) is 38.2 Å². The van der Waals surface area contributed by atoms with Crippen LogP contribution in [0.15, 0.2) is 42.3 Å². The fourth-order valence-corrected chi connectivity index (χ4v) is 11.9. The van der Waals surface area contributed by atoms with Crippen LogP contribution in [0, 0.1) is 17.3 Å². The zero-order chi connectivity index (χ0) is 45.2. The minimum Gasteiger partial charge on any atom is -0.497 e. The molecule has 18 heteroatoms. The molecule has 3 N–H and O–H groups in total. The lowest BCUT2D eigenvalue weighted by Crippen LogP contribution is -2.48. The summed E-state index contributed by atoms with van der Waals surface area (Å²) in [5.41, 5.74) is 0.954. The average molecular weight is 906 g/mol. The van der Waals surface area contributed by atoms with Gasteiger partial charge in [0.05, 0.1) is 54.9 Å². The highest BCUT2D eigenvalue weighted by Crippen LogP contribution is 2.72. The second-order valence-corrected chi connectivity index (χ2v) is 21.8. The lowest BCUT2D eigenvalue weighted by Gasteiger charge is -2.35. The molecule has 1 aromatic carbocycles. The predicted octanol–water partition coefficient (Wildman–Crippen LogP) is 8.40. The molecule has 3 heterocycles. The quantitative estimate of drug-likeness (QED) is 0.0455. The topological polar surface area (TPSA) is 169 Å². The van der Waals surface area contributed by atoms with Crippen LogP contribution in [0.25, 0.3) is 22.3 Å². The number of amides is 1. The van der Waals surface area contributed by atoms with Crippen LogP contribution < -0.4 is 20.1 Å². The first-order valence-electron chi connectivity index (χ1n) is 21.3. The third kappa shape index (κ3) is 11.2. The number of esters is 1. The molecule has 1 amide bonds. The number of aromatic nitrogens is 2. The Labute approximate surface area is 365 Å². The zero-order valence-electron chi connectivity index (χ0n) is 36.3. The number of fused-ring (bicyclic) bond motifs is 1. The first kappa shape index (κ1) is 47.4. The molecule has 6 atom stereocenters. The molecule has 62 heavy (non-hydrogen) atoms. The zero-order valence-corrected chi connectivity index (χ0v) is 38.0. The number of rotatable bonds is 19. The molecule has 3 aromatic rings. The number of thiazole rings is 1. The van der Waals surface area contributed by atoms with E-state index in [-0.39, 0.29) is 44.5 Å². The Hall–Kier alpha value is -4.05. The van der Waals surface area contributed by atoms with Crippen molar-refractivity contribution in [2.24, 2.45) is 17.3 Å². The minimum absolute atomic E-state index is 0.0279. The van der Waals surface area contributed by atoms with E-state index in [1.54, 1.807) is 25.3 Å². The molecule has 0 radical (unpaired) electrons. The van der Waals surface area contributed by atoms with Crippen LogP contribution in [0.5, 0.6) is 11.5 Å². The highest BCUT2D eigenvalue weighted by molar-refractivity contribution is 7.60. The van der Waals surface area contributed by atoms with Gasteiger partial charge in [0, 0.05) is 54.5 Å². The highest BCUT2D eigenvalue weighted by atomic mass is 32.1. The maximum absolute atomic E-state index is 14.9. The normalized spacial score (nSPS) is 23.3. The number of Topliss-reactive ketones (excluding diaryl/α,β-unsaturated/α-hetero) is 1. The van der Waals surface area contributed by atoms with Gasteiger partial charge in [-0.1, -0.05) is 26.8 Å². The molecular weight excluding hydrogens is 847 g/mol. The molecule has 3 fully saturated rings. The number of carbonyl (C=O) groups is 3. The smallest absolute Gasteiger partial charge is 0.401 e. The van der Waals surface area contributed by atoms with Gasteiger partial charge in [-0.15, -0.1) is 17.9 Å². The van der Waals surface area contributed by atoms with E-state index >= 15 is 0 Å². The van der Waals surface area contributed by atoms with E-state index in [1.807, 2.05) is 46.1 Å². The maximum atomic E-state index is 14.9. The van der Waals surface area contributed by atoms with Crippen molar-refractivity contribution in [3.8, 4) is 22.9 Å². The summed E-state index contributed by atoms with van der Waals surface area (Å²) in [6.45, 7) is 11.6. The summed E-state index contributed by atoms with van der Waals surface area (Å²) >= 11 is 1.43. The van der Waals surface area contributed by atoms with E-state index in [0.717, 1.165) is 25.7 Å². The van der Waals surface area contributed by atoms with Crippen molar-refractivity contribution in [1.82, 2.24) is 20.2 Å². The molecule has 1 unspecified atom stereocenters. The number of pyridine rings is 1. The van der Waals surface area contributed by atoms with Gasteiger partial charge in [0.1, 0.15) is 29.4 Å². The second kappa shape index (κ2) is 19.0. The van der Waals surface area contributed by atoms with Crippen LogP contribution in [-0.2, 0) is 23.7 Å². The molecule has 2 aromatic heterocycles. The van der Waals surface area contributed by atoms with Crippen molar-refractivity contribution in [3.63, 3.8) is 0 Å². The summed E-state index contributed by atoms with van der Waals surface area (Å²) in [7, 11) is -2.69. The lowest BCUT2D eigenvalue weighted by molar-refractivity contribution is -0.156. The summed E-state index contributed by atoms with van der Waals surface area (Å²) in [5.74, 6) is -1.85. The number of benzene rings is 1. The van der Waals surface area contributed by atoms with Gasteiger partial charge in [-0.05, 0) is 69.4 Å². The highest BCUT2D eigenvalue weighted by Gasteiger charge is 2.65. The Balaban J connectivity index is 1.32. The van der Waals surface area contributed by atoms with E-state index in [2.05, 4.69) is 17.2 Å². The Morgan fingerprint density at radius 3 is 2.47 bits per heavy atom. The molecule has 6 rings (SSSR count). The molecule has 0 spiro atoms. The van der Waals surface area contributed by atoms with Crippen LogP contribution in [-0.4, -0.2) is 106 Å². The van der Waals surface area contributed by atoms with Gasteiger partial charge >= 0.3 is 12.1 Å². The molecule has 1 saturated heterocycles. The van der Waals surface area contributed by atoms with E-state index in [4.69, 9.17) is 24.2 Å². The van der Waals surface area contributed by atoms with Crippen molar-refractivity contribution >= 4 is 52.4 Å². The lowest BCUT2D eigenvalue weighted by atomic mass is 9.77. The standard InChI is InChI=1S/C44H59F3N5O8PS/c1-8-27-21-43(27,61(56,57)16-15-48-25-44(45,46)47)22-37(53)36-18-30(23-52(36)40(55)32(42(4,5)6)19-39(54)60-28-11-9-10-12-28)59-38-20-34(35-24-62-41(51-35)49-26(2)3)50-33-17-29(58-7)13-14-31(33)38/h8,13-14,17,20,24,26-28,30,32,36,48H,1,9-12,15-16,18-19,21-23,25H2,2-7H3,(H,49,51)(H,56,57)/t27-,30-,32-,36+,43-/m1/s1. The van der Waals surface area contributed by atoms with Gasteiger partial charge < -0.3 is 34.6 Å². The van der Waals surface area contributed by atoms with Crippen LogP contribution in [0.4, 0.5) is 18.3 Å². The predicted molar refractivity (Wildman–Crippen MR) is 233 cm³/mol. The van der Waals surface area contributed by atoms with Gasteiger partial charge in [0.2, 0.25) is 13.3 Å². The summed E-state index contributed by atoms with van der Waals surface area (Å²) in [6, 6.07) is 6.18. The molecule has 2 saturated carbocycles. The largest absolute Gasteiger partial charge is 0.497 e. The van der Waals surface area contributed by atoms with Crippen molar-refractivity contribution < 1.29 is 51.2 Å². The van der Waals surface area contributed by atoms with Crippen LogP contribution >= 0.6 is 18.7 Å². The summed E-state index contributed by atoms with van der Waals surface area (Å²) in [4.78, 5) is 65.4. The number of ether oxygens (including phenoxy) is 3. The van der Waals surface area contributed by atoms with Crippen LogP contribution in [0.1, 0.15) is 86.0 Å². The first-order valence-corrected chi connectivity index (χ1v) is 24.0. The second-order valence-electron chi connectivity index (χ2n) is 18.2. The number of ketones is 1. The van der Waals surface area contributed by atoms with E-state index in [9.17, 15) is 37.0 Å². The molecule has 2 aliphatic carbocycles. The minimum atomic E-state index is -4.50. The number of carbonyl (C=O) groups excluding carboxylic acids is 3. The molecule has 3 aliphatic rings. The molecule has 1 aliphatic heterocycles. The molecular formula is C44H59F3N5O8PS. The van der Waals surface area contributed by atoms with E-state index < -0.39 is 84.9 Å². The van der Waals surface area contributed by atoms with Crippen molar-refractivity contribution in [3.05, 3.63) is 42.3 Å². The third-order valence-electron chi connectivity index (χ3n) is 12.2. The number of nitrogens with zero attached hydrogens (tertiary/aromatic N) is 3. The molecule has 340 valence electrons. The summed E-state index contributed by atoms with van der Waals surface area (Å²) in [6.07, 6.45) is -1.42. The summed E-state index contributed by atoms with van der Waals surface area (Å²) in [5, 5.41) is 7.29. The van der Waals surface area contributed by atoms with Crippen LogP contribution in [0.3, 0.4) is 0 Å². The molecule has 0 bridgehead atoms. The summed E-state index contributed by atoms with van der Waals surface area (Å²) < 4.78 is 70.6. The SMILES string of the molecule is C=C[C@@H]1C[C@]1(CC(=O)[C@@H]1C[C@@H](Oc2cc(-c3csc(NC(C)C)n3)nc3cc(OC)ccc23)CN1C(=O)[C@@H](CC(=O)OC1CCCC1)C(C)(C)C)P(=O)(O)CCNCC(F)(F)F. The fraction of sp³-hybridized carbons (Fsp3) is 0.614. The number of alkyl halides is 3. The fourth-order valence-electron chi connectivity index (χ4n) is 8.67. The number of halogens is 3. The first-order chi connectivity index (χ1) is 29.1. The van der Waals surface area contributed by atoms with Gasteiger partial charge in [-0.3, -0.25) is 18.9 Å². The number of nitrogens with one attached hydrogen (secondary N) is 2. The number of hydrogen-bond acceptors (Lipinski definition) is 12. The molecule has 13 nitrogen and oxygen atoms in total. The Kier molecular flexibility index (Phi) is 14.5. The van der Waals surface area contributed by atoms with Gasteiger partial charge in [0.15, 0.2) is 10.9 Å². The average Bonchev–Trinajstić information content (AvgIpc) is 3.59. The van der Waals surface area contributed by atoms with E-state index in [1.165, 1.54) is 22.3 Å². The Morgan fingerprint density at radius 1 is 1.11 bits per heavy atom. The third-order valence-corrected chi connectivity index (χ3v) is 15.8. The van der Waals surface area contributed by atoms with Gasteiger partial charge in [-0.2, -0.15) is 13.2 Å². The van der Waals surface area contributed by atoms with Gasteiger partial charge in [-0.25, -0.2) is 9.97 Å². The van der Waals surface area contributed by atoms with Crippen LogP contribution in [0.2, 0.25) is 0 Å². The van der Waals surface area contributed by atoms with Gasteiger partial charge in [0.25, 0.3) is 0 Å². The number of hydrogen-bond donors (Lipinski definition) is 3. The maximum Gasteiger partial charge on any atom is 0.401 e. The Morgan fingerprint density at radius 2 is 1.84 bits per heavy atom. The number of likely N-dealkylation sites (tertiary alicyclic amines) is 1. The number of anilines is 1. The Bertz CT molecular complexity index is 2170. The number of methoxy groups -OCH3 is 1.